The van der Waals surface area contributed by atoms with Gasteiger partial charge < -0.3 is 15.0 Å². The van der Waals surface area contributed by atoms with Crippen LogP contribution in [0.25, 0.3) is 0 Å². The number of hydrogen-bond acceptors (Lipinski definition) is 5. The predicted molar refractivity (Wildman–Crippen MR) is 68.3 cm³/mol. The second-order valence-corrected chi connectivity index (χ2v) is 4.10. The number of aromatic carboxylic acids is 1. The van der Waals surface area contributed by atoms with E-state index in [0.29, 0.717) is 13.1 Å². The quantitative estimate of drug-likeness (QED) is 0.801. The van der Waals surface area contributed by atoms with Crippen molar-refractivity contribution in [3.8, 4) is 0 Å². The first kappa shape index (κ1) is 13.7. The standard InChI is InChI=1S/C12H13N5O3/c1-8-4-15-9(5-14-8)11(18)13-2-3-17-6-10(12(19)20)16-7-17/h4-7H,2-3H2,1H3,(H,13,18)(H,19,20). The van der Waals surface area contributed by atoms with Gasteiger partial charge in [0.15, 0.2) is 5.69 Å². The highest BCUT2D eigenvalue weighted by Crippen LogP contribution is 1.96. The lowest BCUT2D eigenvalue weighted by Gasteiger charge is -2.05. The smallest absolute Gasteiger partial charge is 0.356 e. The van der Waals surface area contributed by atoms with Crippen LogP contribution in [-0.2, 0) is 6.54 Å². The predicted octanol–water partition coefficient (Wildman–Crippen LogP) is 0.110. The van der Waals surface area contributed by atoms with E-state index >= 15 is 0 Å². The lowest BCUT2D eigenvalue weighted by Crippen LogP contribution is -2.27. The van der Waals surface area contributed by atoms with E-state index in [4.69, 9.17) is 5.11 Å². The van der Waals surface area contributed by atoms with Crippen molar-refractivity contribution in [1.82, 2.24) is 24.8 Å². The Morgan fingerprint density at radius 2 is 2.05 bits per heavy atom. The van der Waals surface area contributed by atoms with E-state index < -0.39 is 5.97 Å². The zero-order chi connectivity index (χ0) is 14.5. The molecule has 0 spiro atoms. The summed E-state index contributed by atoms with van der Waals surface area (Å²) >= 11 is 0. The molecule has 0 atom stereocenters. The Bertz CT molecular complexity index is 620. The average molecular weight is 275 g/mol. The normalized spacial score (nSPS) is 10.2. The molecule has 104 valence electrons. The Morgan fingerprint density at radius 1 is 1.25 bits per heavy atom. The van der Waals surface area contributed by atoms with Gasteiger partial charge in [-0.25, -0.2) is 14.8 Å². The topological polar surface area (TPSA) is 110 Å². The summed E-state index contributed by atoms with van der Waals surface area (Å²) in [4.78, 5) is 34.0. The third-order valence-electron chi connectivity index (χ3n) is 2.52. The molecule has 2 N–H and O–H groups in total. The highest BCUT2D eigenvalue weighted by atomic mass is 16.4. The fourth-order valence-corrected chi connectivity index (χ4v) is 1.49. The van der Waals surface area contributed by atoms with Gasteiger partial charge in [-0.3, -0.25) is 9.78 Å². The molecule has 2 aromatic heterocycles. The number of nitrogens with one attached hydrogen (secondary N) is 1. The summed E-state index contributed by atoms with van der Waals surface area (Å²) in [5, 5.41) is 11.4. The molecule has 0 aliphatic rings. The van der Waals surface area contributed by atoms with Crippen molar-refractivity contribution in [2.75, 3.05) is 6.54 Å². The Balaban J connectivity index is 1.84. The zero-order valence-corrected chi connectivity index (χ0v) is 10.8. The van der Waals surface area contributed by atoms with Crippen molar-refractivity contribution in [2.24, 2.45) is 0 Å². The van der Waals surface area contributed by atoms with Gasteiger partial charge in [0.1, 0.15) is 5.69 Å². The number of rotatable bonds is 5. The Kier molecular flexibility index (Phi) is 4.04. The summed E-state index contributed by atoms with van der Waals surface area (Å²) in [7, 11) is 0. The van der Waals surface area contributed by atoms with Gasteiger partial charge in [-0.05, 0) is 6.92 Å². The molecule has 0 unspecified atom stereocenters. The molecule has 0 fully saturated rings. The Hall–Kier alpha value is -2.77. The van der Waals surface area contributed by atoms with Crippen LogP contribution in [-0.4, -0.2) is 43.0 Å². The van der Waals surface area contributed by atoms with E-state index in [1.807, 2.05) is 0 Å². The summed E-state index contributed by atoms with van der Waals surface area (Å²) in [6, 6.07) is 0. The van der Waals surface area contributed by atoms with Gasteiger partial charge in [0.05, 0.1) is 18.2 Å². The Labute approximate surface area is 114 Å². The van der Waals surface area contributed by atoms with E-state index in [0.717, 1.165) is 5.69 Å². The van der Waals surface area contributed by atoms with Gasteiger partial charge in [0.25, 0.3) is 5.91 Å². The minimum atomic E-state index is -1.08. The van der Waals surface area contributed by atoms with Crippen molar-refractivity contribution in [3.63, 3.8) is 0 Å². The molecule has 0 aliphatic carbocycles. The van der Waals surface area contributed by atoms with E-state index in [1.54, 1.807) is 11.5 Å². The molecular formula is C12H13N5O3. The van der Waals surface area contributed by atoms with Gasteiger partial charge >= 0.3 is 5.97 Å². The molecule has 0 bridgehead atoms. The lowest BCUT2D eigenvalue weighted by atomic mass is 10.4. The fourth-order valence-electron chi connectivity index (χ4n) is 1.49. The SMILES string of the molecule is Cc1cnc(C(=O)NCCn2cnc(C(=O)O)c2)cn1. The molecule has 8 nitrogen and oxygen atoms in total. The summed E-state index contributed by atoms with van der Waals surface area (Å²) in [5.74, 6) is -1.40. The molecule has 1 amide bonds. The van der Waals surface area contributed by atoms with Crippen LogP contribution < -0.4 is 5.32 Å². The number of carboxylic acids is 1. The summed E-state index contributed by atoms with van der Waals surface area (Å²) in [6.45, 7) is 2.54. The minimum Gasteiger partial charge on any atom is -0.476 e. The molecule has 2 heterocycles. The highest BCUT2D eigenvalue weighted by molar-refractivity contribution is 5.91. The fraction of sp³-hybridized carbons (Fsp3) is 0.250. The largest absolute Gasteiger partial charge is 0.476 e. The molecule has 0 saturated heterocycles. The van der Waals surface area contributed by atoms with Crippen molar-refractivity contribution < 1.29 is 14.7 Å². The van der Waals surface area contributed by atoms with Gasteiger partial charge in [0.2, 0.25) is 0 Å². The van der Waals surface area contributed by atoms with Gasteiger partial charge in [-0.15, -0.1) is 0 Å². The number of carbonyl (C=O) groups is 2. The van der Waals surface area contributed by atoms with Crippen LogP contribution >= 0.6 is 0 Å². The second-order valence-electron chi connectivity index (χ2n) is 4.10. The van der Waals surface area contributed by atoms with E-state index in [-0.39, 0.29) is 17.3 Å². The molecule has 8 heteroatoms. The number of nitrogens with zero attached hydrogens (tertiary/aromatic N) is 4. The van der Waals surface area contributed by atoms with Gasteiger partial charge in [-0.1, -0.05) is 0 Å². The van der Waals surface area contributed by atoms with Crippen LogP contribution in [0.4, 0.5) is 0 Å². The molecule has 0 saturated carbocycles. The first-order valence-electron chi connectivity index (χ1n) is 5.88. The number of imidazole rings is 1. The maximum Gasteiger partial charge on any atom is 0.356 e. The maximum absolute atomic E-state index is 11.7. The molecule has 2 rings (SSSR count). The van der Waals surface area contributed by atoms with Crippen molar-refractivity contribution in [2.45, 2.75) is 13.5 Å². The monoisotopic (exact) mass is 275 g/mol. The van der Waals surface area contributed by atoms with E-state index in [1.165, 1.54) is 24.9 Å². The van der Waals surface area contributed by atoms with Crippen LogP contribution in [0.1, 0.15) is 26.7 Å². The van der Waals surface area contributed by atoms with Crippen LogP contribution in [0.15, 0.2) is 24.9 Å². The third kappa shape index (κ3) is 3.37. The van der Waals surface area contributed by atoms with Crippen LogP contribution in [0.3, 0.4) is 0 Å². The molecule has 0 radical (unpaired) electrons. The van der Waals surface area contributed by atoms with Crippen LogP contribution in [0.5, 0.6) is 0 Å². The average Bonchev–Trinajstić information content (AvgIpc) is 2.88. The highest BCUT2D eigenvalue weighted by Gasteiger charge is 2.08. The van der Waals surface area contributed by atoms with Crippen molar-refractivity contribution >= 4 is 11.9 Å². The first-order chi connectivity index (χ1) is 9.56. The number of carbonyl (C=O) groups excluding carboxylic acids is 1. The number of amides is 1. The van der Waals surface area contributed by atoms with E-state index in [2.05, 4.69) is 20.3 Å². The molecule has 2 aromatic rings. The van der Waals surface area contributed by atoms with Crippen molar-refractivity contribution in [1.29, 1.82) is 0 Å². The number of carboxylic acid groups (broad SMARTS) is 1. The summed E-state index contributed by atoms with van der Waals surface area (Å²) in [6.07, 6.45) is 5.73. The molecule has 0 aromatic carbocycles. The number of hydrogen-bond donors (Lipinski definition) is 2. The van der Waals surface area contributed by atoms with Gasteiger partial charge in [0, 0.05) is 25.5 Å². The summed E-state index contributed by atoms with van der Waals surface area (Å²) < 4.78 is 1.59. The third-order valence-corrected chi connectivity index (χ3v) is 2.52. The zero-order valence-electron chi connectivity index (χ0n) is 10.8. The first-order valence-corrected chi connectivity index (χ1v) is 5.88. The Morgan fingerprint density at radius 3 is 2.65 bits per heavy atom. The van der Waals surface area contributed by atoms with Crippen molar-refractivity contribution in [3.05, 3.63) is 42.0 Å². The molecule has 20 heavy (non-hydrogen) atoms. The molecule has 0 aliphatic heterocycles. The second kappa shape index (κ2) is 5.91. The molecular weight excluding hydrogens is 262 g/mol. The van der Waals surface area contributed by atoms with E-state index in [9.17, 15) is 9.59 Å². The van der Waals surface area contributed by atoms with Crippen LogP contribution in [0.2, 0.25) is 0 Å². The number of aromatic nitrogens is 4. The van der Waals surface area contributed by atoms with Gasteiger partial charge in [-0.2, -0.15) is 0 Å². The van der Waals surface area contributed by atoms with Crippen LogP contribution in [0, 0.1) is 6.92 Å². The lowest BCUT2D eigenvalue weighted by molar-refractivity contribution is 0.0690. The maximum atomic E-state index is 11.7. The number of aryl methyl sites for hydroxylation is 1. The minimum absolute atomic E-state index is 0.0271. The summed E-state index contributed by atoms with van der Waals surface area (Å²) in [5.41, 5.74) is 0.953.